The van der Waals surface area contributed by atoms with Gasteiger partial charge >= 0.3 is 0 Å². The first-order valence-corrected chi connectivity index (χ1v) is 21.3. The Bertz CT molecular complexity index is 2360. The van der Waals surface area contributed by atoms with Crippen LogP contribution in [0.1, 0.15) is 153 Å². The van der Waals surface area contributed by atoms with Crippen LogP contribution in [0.4, 0.5) is 17.1 Å². The Morgan fingerprint density at radius 3 is 1.96 bits per heavy atom. The number of rotatable bonds is 2. The SMILES string of the molecule is Cc1cc2c3c(c1)N(c1ccc(C(C)(C)C)cc1-c1ccccc1)c1cc(C(C)(C)C)ccc1B3c1cc(C(C)(C)C)cc3c1C2CC1(C)CCCCC31C. The maximum Gasteiger partial charge on any atom is 0.247 e. The molecule has 0 N–H and O–H groups in total. The van der Waals surface area contributed by atoms with E-state index in [1.54, 1.807) is 22.2 Å². The van der Waals surface area contributed by atoms with E-state index in [1.807, 2.05) is 0 Å². The summed E-state index contributed by atoms with van der Waals surface area (Å²) in [5.74, 6) is 0.397. The number of benzene rings is 5. The van der Waals surface area contributed by atoms with Crippen molar-refractivity contribution in [2.45, 2.75) is 143 Å². The summed E-state index contributed by atoms with van der Waals surface area (Å²) in [5, 5.41) is 0. The third-order valence-electron chi connectivity index (χ3n) is 14.9. The Balaban J connectivity index is 1.41. The zero-order chi connectivity index (χ0) is 39.0. The van der Waals surface area contributed by atoms with E-state index < -0.39 is 0 Å². The lowest BCUT2D eigenvalue weighted by Gasteiger charge is -2.59. The summed E-state index contributed by atoms with van der Waals surface area (Å²) in [6.07, 6.45) is 6.51. The molecule has 2 aliphatic carbocycles. The highest BCUT2D eigenvalue weighted by Gasteiger charge is 2.56. The zero-order valence-electron chi connectivity index (χ0n) is 35.8. The van der Waals surface area contributed by atoms with Gasteiger partial charge in [0.1, 0.15) is 0 Å². The summed E-state index contributed by atoms with van der Waals surface area (Å²) < 4.78 is 0. The number of anilines is 3. The third kappa shape index (κ3) is 5.47. The summed E-state index contributed by atoms with van der Waals surface area (Å²) >= 11 is 0. The van der Waals surface area contributed by atoms with Gasteiger partial charge in [-0.05, 0) is 133 Å². The minimum absolute atomic E-state index is 0.0140. The molecular formula is C53H62BN. The third-order valence-corrected chi connectivity index (χ3v) is 14.9. The average Bonchev–Trinajstić information content (AvgIpc) is 3.12. The van der Waals surface area contributed by atoms with Crippen molar-refractivity contribution in [3.63, 3.8) is 0 Å². The van der Waals surface area contributed by atoms with Gasteiger partial charge in [0.25, 0.3) is 0 Å². The van der Waals surface area contributed by atoms with Gasteiger partial charge < -0.3 is 4.90 Å². The van der Waals surface area contributed by atoms with Crippen LogP contribution in [0.15, 0.2) is 91.0 Å². The maximum atomic E-state index is 2.69. The second-order valence-electron chi connectivity index (χ2n) is 21.6. The summed E-state index contributed by atoms with van der Waals surface area (Å²) in [6.45, 7) is 29.2. The topological polar surface area (TPSA) is 3.24 Å². The summed E-state index contributed by atoms with van der Waals surface area (Å²) in [4.78, 5) is 2.69. The van der Waals surface area contributed by atoms with Gasteiger partial charge in [0, 0.05) is 22.9 Å². The summed E-state index contributed by atoms with van der Waals surface area (Å²) in [5.41, 5.74) is 22.1. The van der Waals surface area contributed by atoms with Gasteiger partial charge in [0.05, 0.1) is 5.69 Å². The maximum absolute atomic E-state index is 2.69. The van der Waals surface area contributed by atoms with Gasteiger partial charge in [0.15, 0.2) is 0 Å². The second-order valence-corrected chi connectivity index (χ2v) is 21.6. The van der Waals surface area contributed by atoms with Crippen LogP contribution in [0.25, 0.3) is 11.1 Å². The molecule has 4 aliphatic rings. The highest BCUT2D eigenvalue weighted by molar-refractivity contribution is 6.99. The van der Waals surface area contributed by atoms with Gasteiger partial charge in [-0.1, -0.05) is 161 Å². The van der Waals surface area contributed by atoms with E-state index in [4.69, 9.17) is 0 Å². The highest BCUT2D eigenvalue weighted by Crippen LogP contribution is 2.63. The quantitative estimate of drug-likeness (QED) is 0.161. The van der Waals surface area contributed by atoms with Crippen LogP contribution >= 0.6 is 0 Å². The van der Waals surface area contributed by atoms with Crippen molar-refractivity contribution < 1.29 is 0 Å². The first-order chi connectivity index (χ1) is 25.8. The van der Waals surface area contributed by atoms with E-state index in [-0.39, 0.29) is 33.8 Å². The predicted octanol–water partition coefficient (Wildman–Crippen LogP) is 12.5. The Kier molecular flexibility index (Phi) is 7.98. The highest BCUT2D eigenvalue weighted by atomic mass is 15.2. The Hall–Kier alpha value is -4.04. The lowest BCUT2D eigenvalue weighted by molar-refractivity contribution is 0.0602. The molecule has 1 nitrogen and oxygen atoms in total. The number of hydrogen-bond donors (Lipinski definition) is 0. The van der Waals surface area contributed by atoms with Gasteiger partial charge in [-0.25, -0.2) is 0 Å². The van der Waals surface area contributed by atoms with Crippen molar-refractivity contribution >= 4 is 40.2 Å². The van der Waals surface area contributed by atoms with E-state index >= 15 is 0 Å². The van der Waals surface area contributed by atoms with Crippen LogP contribution in [0.3, 0.4) is 0 Å². The Morgan fingerprint density at radius 1 is 0.618 bits per heavy atom. The van der Waals surface area contributed by atoms with Crippen LogP contribution in [0.2, 0.25) is 0 Å². The molecule has 9 rings (SSSR count). The molecule has 0 amide bonds. The van der Waals surface area contributed by atoms with E-state index in [9.17, 15) is 0 Å². The fraction of sp³-hybridized carbons (Fsp3) is 0.434. The molecular weight excluding hydrogens is 661 g/mol. The van der Waals surface area contributed by atoms with Crippen LogP contribution in [0, 0.1) is 12.3 Å². The first kappa shape index (κ1) is 36.6. The molecule has 5 aromatic carbocycles. The fourth-order valence-corrected chi connectivity index (χ4v) is 11.3. The smallest absolute Gasteiger partial charge is 0.247 e. The molecule has 0 spiro atoms. The van der Waals surface area contributed by atoms with Crippen LogP contribution in [-0.4, -0.2) is 6.71 Å². The first-order valence-electron chi connectivity index (χ1n) is 21.3. The molecule has 2 aliphatic heterocycles. The molecule has 2 heteroatoms. The van der Waals surface area contributed by atoms with E-state index in [2.05, 4.69) is 179 Å². The number of aryl methyl sites for hydroxylation is 1. The largest absolute Gasteiger partial charge is 0.311 e. The molecule has 3 atom stereocenters. The van der Waals surface area contributed by atoms with E-state index in [0.29, 0.717) is 5.92 Å². The molecule has 1 fully saturated rings. The van der Waals surface area contributed by atoms with Crippen molar-refractivity contribution in [2.24, 2.45) is 5.41 Å². The number of fused-ring (bicyclic) bond motifs is 6. The van der Waals surface area contributed by atoms with Crippen LogP contribution in [0.5, 0.6) is 0 Å². The van der Waals surface area contributed by atoms with Crippen LogP contribution < -0.4 is 21.3 Å². The standard InChI is InChI=1S/C53H62BN/c1-33-26-39-40-32-52(11)24-16-17-25-53(52,12)41-29-37(51(8,9)10)30-43(47(40)41)54-42-22-20-36(50(5,6)7)31-45(42)55(46(27-33)48(39)54)44-23-21-35(49(2,3)4)28-38(44)34-18-14-13-15-19-34/h13-15,18-23,26-31,40H,16-17,24-25,32H2,1-12H3. The predicted molar refractivity (Wildman–Crippen MR) is 239 cm³/mol. The number of nitrogens with zero attached hydrogens (tertiary/aromatic N) is 1. The molecule has 282 valence electrons. The monoisotopic (exact) mass is 723 g/mol. The normalized spacial score (nSPS) is 22.8. The minimum Gasteiger partial charge on any atom is -0.311 e. The summed E-state index contributed by atoms with van der Waals surface area (Å²) in [6, 6.07) is 36.5. The van der Waals surface area contributed by atoms with Crippen molar-refractivity contribution in [3.05, 3.63) is 130 Å². The molecule has 0 saturated heterocycles. The van der Waals surface area contributed by atoms with Gasteiger partial charge in [0.2, 0.25) is 6.71 Å². The lowest BCUT2D eigenvalue weighted by Crippen LogP contribution is -2.64. The van der Waals surface area contributed by atoms with Gasteiger partial charge in [-0.3, -0.25) is 0 Å². The molecule has 3 unspecified atom stereocenters. The van der Waals surface area contributed by atoms with Gasteiger partial charge in [-0.15, -0.1) is 0 Å². The average molecular weight is 724 g/mol. The number of hydrogen-bond acceptors (Lipinski definition) is 1. The fourth-order valence-electron chi connectivity index (χ4n) is 11.3. The Labute approximate surface area is 333 Å². The molecule has 0 bridgehead atoms. The Morgan fingerprint density at radius 2 is 1.27 bits per heavy atom. The zero-order valence-corrected chi connectivity index (χ0v) is 35.8. The summed E-state index contributed by atoms with van der Waals surface area (Å²) in [7, 11) is 0. The molecule has 1 saturated carbocycles. The van der Waals surface area contributed by atoms with Gasteiger partial charge in [-0.2, -0.15) is 0 Å². The van der Waals surface area contributed by atoms with Crippen molar-refractivity contribution in [2.75, 3.05) is 4.90 Å². The molecule has 0 radical (unpaired) electrons. The van der Waals surface area contributed by atoms with Crippen molar-refractivity contribution in [1.82, 2.24) is 0 Å². The second kappa shape index (κ2) is 12.0. The van der Waals surface area contributed by atoms with Crippen molar-refractivity contribution in [1.29, 1.82) is 0 Å². The molecule has 5 aromatic rings. The van der Waals surface area contributed by atoms with E-state index in [1.165, 1.54) is 93.5 Å². The van der Waals surface area contributed by atoms with Crippen LogP contribution in [-0.2, 0) is 21.7 Å². The van der Waals surface area contributed by atoms with Crippen molar-refractivity contribution in [3.8, 4) is 11.1 Å². The molecule has 0 aromatic heterocycles. The molecule has 2 heterocycles. The minimum atomic E-state index is 0.0140. The lowest BCUT2D eigenvalue weighted by atomic mass is 9.29. The van der Waals surface area contributed by atoms with E-state index in [0.717, 1.165) is 0 Å². The molecule has 55 heavy (non-hydrogen) atoms.